The van der Waals surface area contributed by atoms with Gasteiger partial charge in [0.1, 0.15) is 0 Å². The average Bonchev–Trinajstić information content (AvgIpc) is 2.70. The third-order valence-electron chi connectivity index (χ3n) is 2.63. The highest BCUT2D eigenvalue weighted by Crippen LogP contribution is 2.11. The zero-order chi connectivity index (χ0) is 13.0. The molecule has 18 heavy (non-hydrogen) atoms. The Labute approximate surface area is 107 Å². The Morgan fingerprint density at radius 2 is 2.17 bits per heavy atom. The third-order valence-corrected chi connectivity index (χ3v) is 2.63. The summed E-state index contributed by atoms with van der Waals surface area (Å²) in [7, 11) is 0. The fraction of sp³-hybridized carbons (Fsp3) is 0.286. The van der Waals surface area contributed by atoms with E-state index in [1.807, 2.05) is 38.4 Å². The van der Waals surface area contributed by atoms with Crippen LogP contribution in [0.1, 0.15) is 17.0 Å². The van der Waals surface area contributed by atoms with Crippen molar-refractivity contribution in [3.05, 3.63) is 54.1 Å². The van der Waals surface area contributed by atoms with Gasteiger partial charge in [0.25, 0.3) is 0 Å². The van der Waals surface area contributed by atoms with E-state index >= 15 is 0 Å². The Morgan fingerprint density at radius 1 is 1.33 bits per heavy atom. The molecule has 0 aromatic carbocycles. The fourth-order valence-electron chi connectivity index (χ4n) is 1.76. The first-order valence-corrected chi connectivity index (χ1v) is 5.99. The minimum atomic E-state index is 0.711. The van der Waals surface area contributed by atoms with Crippen molar-refractivity contribution < 1.29 is 0 Å². The molecule has 2 aromatic heterocycles. The SMILES string of the molecule is C=CCNc1nc(C)cn1Cc1ccc(C)nc1. The normalized spacial score (nSPS) is 10.3. The number of aromatic nitrogens is 3. The Bertz CT molecular complexity index is 525. The van der Waals surface area contributed by atoms with Crippen molar-refractivity contribution >= 4 is 5.95 Å². The van der Waals surface area contributed by atoms with Gasteiger partial charge >= 0.3 is 0 Å². The van der Waals surface area contributed by atoms with Gasteiger partial charge in [-0.25, -0.2) is 4.98 Å². The number of nitrogens with one attached hydrogen (secondary N) is 1. The molecule has 0 radical (unpaired) electrons. The minimum absolute atomic E-state index is 0.711. The van der Waals surface area contributed by atoms with Crippen LogP contribution >= 0.6 is 0 Å². The van der Waals surface area contributed by atoms with Crippen molar-refractivity contribution in [1.29, 1.82) is 0 Å². The first kappa shape index (κ1) is 12.4. The van der Waals surface area contributed by atoms with Gasteiger partial charge in [-0.15, -0.1) is 6.58 Å². The molecular formula is C14H18N4. The number of hydrogen-bond acceptors (Lipinski definition) is 3. The van der Waals surface area contributed by atoms with E-state index in [1.54, 1.807) is 0 Å². The molecule has 0 aliphatic rings. The molecule has 2 rings (SSSR count). The van der Waals surface area contributed by atoms with Crippen molar-refractivity contribution in [2.24, 2.45) is 0 Å². The van der Waals surface area contributed by atoms with Crippen LogP contribution in [-0.2, 0) is 6.54 Å². The van der Waals surface area contributed by atoms with E-state index in [1.165, 1.54) is 5.56 Å². The van der Waals surface area contributed by atoms with Gasteiger partial charge in [0, 0.05) is 24.6 Å². The molecule has 0 aliphatic heterocycles. The van der Waals surface area contributed by atoms with E-state index < -0.39 is 0 Å². The van der Waals surface area contributed by atoms with E-state index in [2.05, 4.69) is 32.5 Å². The number of pyridine rings is 1. The monoisotopic (exact) mass is 242 g/mol. The molecule has 0 amide bonds. The van der Waals surface area contributed by atoms with Gasteiger partial charge < -0.3 is 9.88 Å². The van der Waals surface area contributed by atoms with Crippen molar-refractivity contribution in [1.82, 2.24) is 14.5 Å². The number of rotatable bonds is 5. The zero-order valence-electron chi connectivity index (χ0n) is 10.8. The van der Waals surface area contributed by atoms with Gasteiger partial charge in [-0.1, -0.05) is 12.1 Å². The number of aryl methyl sites for hydroxylation is 2. The zero-order valence-corrected chi connectivity index (χ0v) is 10.8. The summed E-state index contributed by atoms with van der Waals surface area (Å²) in [6.45, 7) is 9.16. The van der Waals surface area contributed by atoms with Gasteiger partial charge in [0.2, 0.25) is 5.95 Å². The summed E-state index contributed by atoms with van der Waals surface area (Å²) in [5, 5.41) is 3.23. The average molecular weight is 242 g/mol. The van der Waals surface area contributed by atoms with E-state index in [4.69, 9.17) is 0 Å². The van der Waals surface area contributed by atoms with Crippen LogP contribution in [0.2, 0.25) is 0 Å². The molecule has 0 unspecified atom stereocenters. The number of nitrogens with zero attached hydrogens (tertiary/aromatic N) is 3. The summed E-state index contributed by atoms with van der Waals surface area (Å²) in [6.07, 6.45) is 5.76. The molecule has 2 aromatic rings. The minimum Gasteiger partial charge on any atom is -0.352 e. The van der Waals surface area contributed by atoms with Crippen LogP contribution in [0.4, 0.5) is 5.95 Å². The van der Waals surface area contributed by atoms with Crippen LogP contribution in [-0.4, -0.2) is 21.1 Å². The first-order valence-electron chi connectivity index (χ1n) is 5.99. The van der Waals surface area contributed by atoms with Crippen LogP contribution in [0.5, 0.6) is 0 Å². The number of anilines is 1. The van der Waals surface area contributed by atoms with E-state index in [-0.39, 0.29) is 0 Å². The Hall–Kier alpha value is -2.10. The molecule has 94 valence electrons. The molecule has 0 saturated carbocycles. The van der Waals surface area contributed by atoms with E-state index in [0.717, 1.165) is 23.9 Å². The summed E-state index contributed by atoms with van der Waals surface area (Å²) < 4.78 is 2.09. The Morgan fingerprint density at radius 3 is 2.83 bits per heavy atom. The molecular weight excluding hydrogens is 224 g/mol. The second-order valence-electron chi connectivity index (χ2n) is 4.31. The molecule has 4 heteroatoms. The van der Waals surface area contributed by atoms with Gasteiger partial charge in [0.05, 0.1) is 12.2 Å². The lowest BCUT2D eigenvalue weighted by Crippen LogP contribution is -2.08. The van der Waals surface area contributed by atoms with Gasteiger partial charge in [-0.05, 0) is 25.5 Å². The smallest absolute Gasteiger partial charge is 0.203 e. The van der Waals surface area contributed by atoms with E-state index in [0.29, 0.717) is 6.54 Å². The van der Waals surface area contributed by atoms with Gasteiger partial charge in [-0.2, -0.15) is 0 Å². The summed E-state index contributed by atoms with van der Waals surface area (Å²) in [6, 6.07) is 4.12. The maximum Gasteiger partial charge on any atom is 0.203 e. The van der Waals surface area contributed by atoms with Gasteiger partial charge in [-0.3, -0.25) is 4.98 Å². The topological polar surface area (TPSA) is 42.7 Å². The van der Waals surface area contributed by atoms with Crippen molar-refractivity contribution in [3.8, 4) is 0 Å². The molecule has 4 nitrogen and oxygen atoms in total. The number of hydrogen-bond donors (Lipinski definition) is 1. The fourth-order valence-corrected chi connectivity index (χ4v) is 1.76. The van der Waals surface area contributed by atoms with Crippen molar-refractivity contribution in [2.45, 2.75) is 20.4 Å². The lowest BCUT2D eigenvalue weighted by Gasteiger charge is -2.08. The summed E-state index contributed by atoms with van der Waals surface area (Å²) in [5.41, 5.74) is 3.20. The van der Waals surface area contributed by atoms with Crippen LogP contribution in [0.3, 0.4) is 0 Å². The Balaban J connectivity index is 2.17. The highest BCUT2D eigenvalue weighted by molar-refractivity contribution is 5.31. The second-order valence-corrected chi connectivity index (χ2v) is 4.31. The highest BCUT2D eigenvalue weighted by atomic mass is 15.2. The van der Waals surface area contributed by atoms with Crippen LogP contribution in [0.25, 0.3) is 0 Å². The second kappa shape index (κ2) is 5.49. The standard InChI is InChI=1S/C14H18N4/c1-4-7-15-14-17-12(3)9-18(14)10-13-6-5-11(2)16-8-13/h4-6,8-9H,1,7,10H2,2-3H3,(H,15,17). The molecule has 0 spiro atoms. The third kappa shape index (κ3) is 2.97. The summed E-state index contributed by atoms with van der Waals surface area (Å²) in [4.78, 5) is 8.75. The molecule has 0 saturated heterocycles. The van der Waals surface area contributed by atoms with Crippen LogP contribution in [0, 0.1) is 13.8 Å². The first-order chi connectivity index (χ1) is 8.69. The lowest BCUT2D eigenvalue weighted by molar-refractivity contribution is 0.796. The predicted molar refractivity (Wildman–Crippen MR) is 73.7 cm³/mol. The molecule has 1 N–H and O–H groups in total. The highest BCUT2D eigenvalue weighted by Gasteiger charge is 2.05. The molecule has 0 fully saturated rings. The number of imidazole rings is 1. The van der Waals surface area contributed by atoms with Crippen molar-refractivity contribution in [3.63, 3.8) is 0 Å². The van der Waals surface area contributed by atoms with Crippen molar-refractivity contribution in [2.75, 3.05) is 11.9 Å². The maximum atomic E-state index is 4.45. The molecule has 0 atom stereocenters. The molecule has 0 aliphatic carbocycles. The largest absolute Gasteiger partial charge is 0.352 e. The van der Waals surface area contributed by atoms with E-state index in [9.17, 15) is 0 Å². The lowest BCUT2D eigenvalue weighted by atomic mass is 10.2. The van der Waals surface area contributed by atoms with Crippen LogP contribution in [0.15, 0.2) is 37.2 Å². The Kier molecular flexibility index (Phi) is 3.77. The maximum absolute atomic E-state index is 4.45. The van der Waals surface area contributed by atoms with Crippen LogP contribution < -0.4 is 5.32 Å². The van der Waals surface area contributed by atoms with Gasteiger partial charge in [0.15, 0.2) is 0 Å². The summed E-state index contributed by atoms with van der Waals surface area (Å²) >= 11 is 0. The quantitative estimate of drug-likeness (QED) is 0.819. The predicted octanol–water partition coefficient (Wildman–Crippen LogP) is 2.54. The molecule has 2 heterocycles. The molecule has 0 bridgehead atoms. The summed E-state index contributed by atoms with van der Waals surface area (Å²) in [5.74, 6) is 0.868.